The molecule has 1 atom stereocenters. The Hall–Kier alpha value is -3.15. The molecule has 144 valence electrons. The van der Waals surface area contributed by atoms with Crippen LogP contribution in [-0.2, 0) is 0 Å². The van der Waals surface area contributed by atoms with Gasteiger partial charge in [-0.05, 0) is 49.6 Å². The zero-order valence-corrected chi connectivity index (χ0v) is 16.0. The van der Waals surface area contributed by atoms with Crippen molar-refractivity contribution < 1.29 is 9.53 Å². The molecule has 1 aromatic heterocycles. The summed E-state index contributed by atoms with van der Waals surface area (Å²) in [5.41, 5.74) is 2.58. The molecular weight excluding hydrogens is 352 g/mol. The monoisotopic (exact) mass is 376 g/mol. The Morgan fingerprint density at radius 1 is 1.21 bits per heavy atom. The smallest absolute Gasteiger partial charge is 0.256 e. The molecule has 6 heteroatoms. The number of hydrogen-bond donors (Lipinski definition) is 0. The number of hydrogen-bond acceptors (Lipinski definition) is 4. The van der Waals surface area contributed by atoms with Crippen LogP contribution < -0.4 is 4.74 Å². The summed E-state index contributed by atoms with van der Waals surface area (Å²) in [5.74, 6) is 1.25. The first-order valence-electron chi connectivity index (χ1n) is 9.63. The second kappa shape index (κ2) is 8.25. The zero-order valence-electron chi connectivity index (χ0n) is 16.0. The van der Waals surface area contributed by atoms with Gasteiger partial charge >= 0.3 is 0 Å². The highest BCUT2D eigenvalue weighted by molar-refractivity contribution is 5.97. The lowest BCUT2D eigenvalue weighted by atomic mass is 9.98. The van der Waals surface area contributed by atoms with Crippen LogP contribution in [-0.4, -0.2) is 45.3 Å². The molecule has 2 aromatic carbocycles. The summed E-state index contributed by atoms with van der Waals surface area (Å²) in [5, 5.41) is 4.17. The zero-order chi connectivity index (χ0) is 19.3. The normalized spacial score (nSPS) is 16.8. The number of rotatable bonds is 5. The van der Waals surface area contributed by atoms with Crippen LogP contribution in [0.15, 0.2) is 61.2 Å². The number of benzene rings is 2. The molecule has 3 aromatic rings. The van der Waals surface area contributed by atoms with E-state index in [1.807, 2.05) is 47.4 Å². The first kappa shape index (κ1) is 18.2. The summed E-state index contributed by atoms with van der Waals surface area (Å²) in [4.78, 5) is 19.1. The van der Waals surface area contributed by atoms with Crippen LogP contribution in [0.2, 0.25) is 0 Å². The van der Waals surface area contributed by atoms with E-state index >= 15 is 0 Å². The maximum atomic E-state index is 13.2. The van der Waals surface area contributed by atoms with Gasteiger partial charge in [0.15, 0.2) is 0 Å². The van der Waals surface area contributed by atoms with Gasteiger partial charge in [0, 0.05) is 19.0 Å². The van der Waals surface area contributed by atoms with Gasteiger partial charge in [-0.2, -0.15) is 5.10 Å². The van der Waals surface area contributed by atoms with Crippen LogP contribution in [0, 0.1) is 12.8 Å². The molecule has 0 spiro atoms. The molecule has 4 rings (SSSR count). The lowest BCUT2D eigenvalue weighted by Crippen LogP contribution is -2.41. The number of carbonyl (C=O) groups is 1. The van der Waals surface area contributed by atoms with Crippen molar-refractivity contribution in [1.29, 1.82) is 0 Å². The standard InChI is InChI=1S/C22H24N4O2/c1-17-6-4-8-19(12-17)28-14-18-7-5-11-25(13-18)22(27)20-9-2-3-10-21(20)26-16-23-15-24-26/h2-4,6,8-10,12,15-16,18H,5,7,11,13-14H2,1H3/t18-/m1/s1. The van der Waals surface area contributed by atoms with Gasteiger partial charge in [0.2, 0.25) is 0 Å². The van der Waals surface area contributed by atoms with Gasteiger partial charge in [-0.1, -0.05) is 24.3 Å². The van der Waals surface area contributed by atoms with Gasteiger partial charge in [-0.15, -0.1) is 0 Å². The summed E-state index contributed by atoms with van der Waals surface area (Å²) in [7, 11) is 0. The van der Waals surface area contributed by atoms with E-state index in [1.54, 1.807) is 11.0 Å². The number of likely N-dealkylation sites (tertiary alicyclic amines) is 1. The highest BCUT2D eigenvalue weighted by atomic mass is 16.5. The van der Waals surface area contributed by atoms with E-state index in [1.165, 1.54) is 11.9 Å². The van der Waals surface area contributed by atoms with Gasteiger partial charge in [-0.3, -0.25) is 4.79 Å². The van der Waals surface area contributed by atoms with E-state index in [0.717, 1.165) is 30.8 Å². The molecule has 0 saturated carbocycles. The largest absolute Gasteiger partial charge is 0.493 e. The number of aromatic nitrogens is 3. The molecule has 1 aliphatic rings. The lowest BCUT2D eigenvalue weighted by Gasteiger charge is -2.33. The quantitative estimate of drug-likeness (QED) is 0.684. The van der Waals surface area contributed by atoms with Crippen molar-refractivity contribution >= 4 is 5.91 Å². The van der Waals surface area contributed by atoms with Crippen LogP contribution in [0.1, 0.15) is 28.8 Å². The second-order valence-electron chi connectivity index (χ2n) is 7.24. The van der Waals surface area contributed by atoms with Crippen molar-refractivity contribution in [2.75, 3.05) is 19.7 Å². The molecule has 1 amide bonds. The van der Waals surface area contributed by atoms with Crippen molar-refractivity contribution in [1.82, 2.24) is 19.7 Å². The summed E-state index contributed by atoms with van der Waals surface area (Å²) in [6, 6.07) is 15.6. The molecule has 0 bridgehead atoms. The molecule has 0 aliphatic carbocycles. The van der Waals surface area contributed by atoms with Gasteiger partial charge in [0.05, 0.1) is 17.9 Å². The number of para-hydroxylation sites is 1. The van der Waals surface area contributed by atoms with Gasteiger partial charge in [0.25, 0.3) is 5.91 Å². The minimum absolute atomic E-state index is 0.0337. The molecule has 1 saturated heterocycles. The number of piperidine rings is 1. The summed E-state index contributed by atoms with van der Waals surface area (Å²) < 4.78 is 7.62. The maximum absolute atomic E-state index is 13.2. The molecule has 0 radical (unpaired) electrons. The summed E-state index contributed by atoms with van der Waals surface area (Å²) in [6.45, 7) is 4.15. The van der Waals surface area contributed by atoms with Gasteiger partial charge in [-0.25, -0.2) is 9.67 Å². The predicted molar refractivity (Wildman–Crippen MR) is 107 cm³/mol. The van der Waals surface area contributed by atoms with Crippen molar-refractivity contribution in [2.24, 2.45) is 5.92 Å². The third-order valence-corrected chi connectivity index (χ3v) is 5.08. The minimum atomic E-state index is 0.0337. The molecular formula is C22H24N4O2. The van der Waals surface area contributed by atoms with E-state index in [2.05, 4.69) is 23.1 Å². The van der Waals surface area contributed by atoms with E-state index in [4.69, 9.17) is 4.74 Å². The fraction of sp³-hybridized carbons (Fsp3) is 0.318. The van der Waals surface area contributed by atoms with E-state index in [0.29, 0.717) is 24.6 Å². The summed E-state index contributed by atoms with van der Waals surface area (Å²) >= 11 is 0. The van der Waals surface area contributed by atoms with E-state index in [-0.39, 0.29) is 5.91 Å². The Kier molecular flexibility index (Phi) is 5.37. The molecule has 0 N–H and O–H groups in total. The van der Waals surface area contributed by atoms with Crippen molar-refractivity contribution in [3.63, 3.8) is 0 Å². The topological polar surface area (TPSA) is 60.2 Å². The molecule has 6 nitrogen and oxygen atoms in total. The molecule has 28 heavy (non-hydrogen) atoms. The Bertz CT molecular complexity index is 939. The SMILES string of the molecule is Cc1cccc(OC[C@@H]2CCCN(C(=O)c3ccccc3-n3cncn3)C2)c1. The van der Waals surface area contributed by atoms with E-state index < -0.39 is 0 Å². The molecule has 2 heterocycles. The van der Waals surface area contributed by atoms with Crippen LogP contribution in [0.3, 0.4) is 0 Å². The van der Waals surface area contributed by atoms with Crippen LogP contribution in [0.5, 0.6) is 5.75 Å². The predicted octanol–water partition coefficient (Wildman–Crippen LogP) is 3.51. The average Bonchev–Trinajstić information content (AvgIpc) is 3.27. The average molecular weight is 376 g/mol. The van der Waals surface area contributed by atoms with Gasteiger partial charge in [0.1, 0.15) is 18.4 Å². The Labute approximate surface area is 164 Å². The van der Waals surface area contributed by atoms with Crippen LogP contribution >= 0.6 is 0 Å². The number of amides is 1. The fourth-order valence-corrected chi connectivity index (χ4v) is 3.66. The third kappa shape index (κ3) is 4.06. The Morgan fingerprint density at radius 2 is 2.11 bits per heavy atom. The number of ether oxygens (including phenoxy) is 1. The van der Waals surface area contributed by atoms with E-state index in [9.17, 15) is 4.79 Å². The van der Waals surface area contributed by atoms with Gasteiger partial charge < -0.3 is 9.64 Å². The minimum Gasteiger partial charge on any atom is -0.493 e. The first-order valence-corrected chi connectivity index (χ1v) is 9.63. The Balaban J connectivity index is 1.44. The molecule has 0 unspecified atom stereocenters. The molecule has 1 aliphatic heterocycles. The summed E-state index contributed by atoms with van der Waals surface area (Å²) in [6.07, 6.45) is 5.14. The van der Waals surface area contributed by atoms with Crippen molar-refractivity contribution in [2.45, 2.75) is 19.8 Å². The highest BCUT2D eigenvalue weighted by Gasteiger charge is 2.26. The third-order valence-electron chi connectivity index (χ3n) is 5.08. The van der Waals surface area contributed by atoms with Crippen molar-refractivity contribution in [3.05, 3.63) is 72.3 Å². The Morgan fingerprint density at radius 3 is 2.93 bits per heavy atom. The first-order chi connectivity index (χ1) is 13.7. The lowest BCUT2D eigenvalue weighted by molar-refractivity contribution is 0.0633. The van der Waals surface area contributed by atoms with Crippen LogP contribution in [0.25, 0.3) is 5.69 Å². The second-order valence-corrected chi connectivity index (χ2v) is 7.24. The number of aryl methyl sites for hydroxylation is 1. The highest BCUT2D eigenvalue weighted by Crippen LogP contribution is 2.23. The number of nitrogens with zero attached hydrogens (tertiary/aromatic N) is 4. The fourth-order valence-electron chi connectivity index (χ4n) is 3.66. The van der Waals surface area contributed by atoms with Crippen LogP contribution in [0.4, 0.5) is 0 Å². The number of carbonyl (C=O) groups excluding carboxylic acids is 1. The van der Waals surface area contributed by atoms with Crippen molar-refractivity contribution in [3.8, 4) is 11.4 Å². The molecule has 1 fully saturated rings. The maximum Gasteiger partial charge on any atom is 0.256 e.